The van der Waals surface area contributed by atoms with E-state index in [1.165, 1.54) is 35.6 Å². The Hall–Kier alpha value is -1.42. The summed E-state index contributed by atoms with van der Waals surface area (Å²) in [5.41, 5.74) is 5.52. The van der Waals surface area contributed by atoms with E-state index in [1.807, 2.05) is 0 Å². The average Bonchev–Trinajstić information content (AvgIpc) is 2.67. The topological polar surface area (TPSA) is 32.7 Å². The third-order valence-corrected chi connectivity index (χ3v) is 6.06. The maximum atomic E-state index is 10.8. The van der Waals surface area contributed by atoms with Crippen LogP contribution >= 0.6 is 0 Å². The number of aliphatic hydroxyl groups is 1. The normalized spacial score (nSPS) is 22.8. The van der Waals surface area contributed by atoms with E-state index in [0.29, 0.717) is 19.1 Å². The van der Waals surface area contributed by atoms with Crippen LogP contribution in [0.1, 0.15) is 61.1 Å². The Morgan fingerprint density at radius 2 is 2.00 bits per heavy atom. The number of hydrogen-bond donors (Lipinski definition) is 1. The van der Waals surface area contributed by atoms with Gasteiger partial charge in [-0.05, 0) is 70.7 Å². The van der Waals surface area contributed by atoms with Crippen LogP contribution in [0.15, 0.2) is 24.3 Å². The minimum Gasteiger partial charge on any atom is -0.379 e. The van der Waals surface area contributed by atoms with Crippen LogP contribution in [0, 0.1) is 0 Å². The van der Waals surface area contributed by atoms with Gasteiger partial charge in [-0.2, -0.15) is 0 Å². The fourth-order valence-electron chi connectivity index (χ4n) is 4.54. The summed E-state index contributed by atoms with van der Waals surface area (Å²) in [4.78, 5) is 2.11. The Bertz CT molecular complexity index is 764. The van der Waals surface area contributed by atoms with Crippen molar-refractivity contribution in [1.82, 2.24) is 4.90 Å². The number of benzene rings is 2. The van der Waals surface area contributed by atoms with Crippen molar-refractivity contribution < 1.29 is 9.84 Å². The van der Waals surface area contributed by atoms with Gasteiger partial charge in [0, 0.05) is 13.1 Å². The molecule has 1 N–H and O–H groups in total. The van der Waals surface area contributed by atoms with E-state index < -0.39 is 6.23 Å². The SMILES string of the molecule is CCc1cc2c(c3ccc(C(O)N4CCOCC4)cc13)CCCC2C. The van der Waals surface area contributed by atoms with Gasteiger partial charge in [0.05, 0.1) is 13.2 Å². The lowest BCUT2D eigenvalue weighted by Crippen LogP contribution is -2.39. The molecule has 0 aromatic heterocycles. The summed E-state index contributed by atoms with van der Waals surface area (Å²) in [5.74, 6) is 0.664. The van der Waals surface area contributed by atoms with Crippen LogP contribution in [-0.2, 0) is 17.6 Å². The molecule has 2 unspecified atom stereocenters. The molecule has 3 heteroatoms. The Kier molecular flexibility index (Phi) is 4.81. The van der Waals surface area contributed by atoms with Gasteiger partial charge in [-0.3, -0.25) is 4.90 Å². The standard InChI is InChI=1S/C22H29NO2/c1-3-16-13-20-15(2)5-4-6-18(20)19-8-7-17(14-21(16)19)22(24)23-9-11-25-12-10-23/h7-8,13-15,22,24H,3-6,9-12H2,1-2H3. The van der Waals surface area contributed by atoms with Crippen LogP contribution in [0.3, 0.4) is 0 Å². The molecule has 0 saturated carbocycles. The quantitative estimate of drug-likeness (QED) is 0.911. The Morgan fingerprint density at radius 1 is 1.20 bits per heavy atom. The molecule has 4 rings (SSSR count). The van der Waals surface area contributed by atoms with Gasteiger partial charge in [0.25, 0.3) is 0 Å². The van der Waals surface area contributed by atoms with Crippen LogP contribution in [0.5, 0.6) is 0 Å². The van der Waals surface area contributed by atoms with Crippen molar-refractivity contribution in [3.63, 3.8) is 0 Å². The molecule has 2 atom stereocenters. The van der Waals surface area contributed by atoms with Gasteiger partial charge in [-0.25, -0.2) is 0 Å². The summed E-state index contributed by atoms with van der Waals surface area (Å²) >= 11 is 0. The van der Waals surface area contributed by atoms with Crippen molar-refractivity contribution in [2.75, 3.05) is 26.3 Å². The van der Waals surface area contributed by atoms with Gasteiger partial charge >= 0.3 is 0 Å². The van der Waals surface area contributed by atoms with Gasteiger partial charge in [0.1, 0.15) is 6.23 Å². The minimum absolute atomic E-state index is 0.534. The molecule has 1 aliphatic heterocycles. The fourth-order valence-corrected chi connectivity index (χ4v) is 4.54. The smallest absolute Gasteiger partial charge is 0.133 e. The van der Waals surface area contributed by atoms with E-state index in [0.717, 1.165) is 25.1 Å². The molecule has 25 heavy (non-hydrogen) atoms. The van der Waals surface area contributed by atoms with E-state index in [-0.39, 0.29) is 0 Å². The zero-order valence-electron chi connectivity index (χ0n) is 15.4. The molecule has 2 aromatic rings. The van der Waals surface area contributed by atoms with Crippen molar-refractivity contribution in [1.29, 1.82) is 0 Å². The molecular weight excluding hydrogens is 310 g/mol. The summed E-state index contributed by atoms with van der Waals surface area (Å²) in [6, 6.07) is 9.05. The zero-order valence-corrected chi connectivity index (χ0v) is 15.4. The average molecular weight is 339 g/mol. The first-order chi connectivity index (χ1) is 12.2. The fraction of sp³-hybridized carbons (Fsp3) is 0.545. The maximum absolute atomic E-state index is 10.8. The lowest BCUT2D eigenvalue weighted by atomic mass is 9.79. The van der Waals surface area contributed by atoms with E-state index in [4.69, 9.17) is 4.74 Å². The highest BCUT2D eigenvalue weighted by Gasteiger charge is 2.23. The first kappa shape index (κ1) is 17.0. The van der Waals surface area contributed by atoms with E-state index >= 15 is 0 Å². The monoisotopic (exact) mass is 339 g/mol. The Morgan fingerprint density at radius 3 is 2.76 bits per heavy atom. The summed E-state index contributed by atoms with van der Waals surface area (Å²) in [7, 11) is 0. The van der Waals surface area contributed by atoms with Crippen molar-refractivity contribution >= 4 is 10.8 Å². The van der Waals surface area contributed by atoms with Crippen molar-refractivity contribution in [3.05, 3.63) is 46.5 Å². The molecule has 0 radical (unpaired) electrons. The van der Waals surface area contributed by atoms with Gasteiger partial charge in [0.2, 0.25) is 0 Å². The summed E-state index contributed by atoms with van der Waals surface area (Å²) in [6.45, 7) is 7.59. The predicted molar refractivity (Wildman–Crippen MR) is 102 cm³/mol. The molecule has 3 nitrogen and oxygen atoms in total. The van der Waals surface area contributed by atoms with Gasteiger partial charge in [-0.1, -0.05) is 32.0 Å². The first-order valence-electron chi connectivity index (χ1n) is 9.77. The van der Waals surface area contributed by atoms with E-state index in [2.05, 4.69) is 43.0 Å². The van der Waals surface area contributed by atoms with Crippen LogP contribution in [0.4, 0.5) is 0 Å². The molecule has 0 bridgehead atoms. The summed E-state index contributed by atoms with van der Waals surface area (Å²) < 4.78 is 5.41. The molecule has 1 fully saturated rings. The highest BCUT2D eigenvalue weighted by atomic mass is 16.5. The number of aliphatic hydroxyl groups excluding tert-OH is 1. The molecule has 2 aromatic carbocycles. The number of aryl methyl sites for hydroxylation is 2. The maximum Gasteiger partial charge on any atom is 0.133 e. The Balaban J connectivity index is 1.78. The lowest BCUT2D eigenvalue weighted by molar-refractivity contribution is -0.0603. The summed E-state index contributed by atoms with van der Waals surface area (Å²) in [5, 5.41) is 13.6. The lowest BCUT2D eigenvalue weighted by Gasteiger charge is -2.32. The molecule has 1 aliphatic carbocycles. The Labute approximate surface area is 150 Å². The number of ether oxygens (including phenoxy) is 1. The highest BCUT2D eigenvalue weighted by molar-refractivity contribution is 5.91. The molecule has 0 amide bonds. The van der Waals surface area contributed by atoms with E-state index in [9.17, 15) is 5.11 Å². The van der Waals surface area contributed by atoms with Crippen molar-refractivity contribution in [2.24, 2.45) is 0 Å². The van der Waals surface area contributed by atoms with Crippen molar-refractivity contribution in [3.8, 4) is 0 Å². The second-order valence-corrected chi connectivity index (χ2v) is 7.58. The minimum atomic E-state index is -0.534. The predicted octanol–water partition coefficient (Wildman–Crippen LogP) is 4.17. The number of nitrogens with zero attached hydrogens (tertiary/aromatic N) is 1. The van der Waals surface area contributed by atoms with E-state index in [1.54, 1.807) is 11.1 Å². The number of hydrogen-bond acceptors (Lipinski definition) is 3. The van der Waals surface area contributed by atoms with Gasteiger partial charge < -0.3 is 9.84 Å². The van der Waals surface area contributed by atoms with Crippen molar-refractivity contribution in [2.45, 2.75) is 51.7 Å². The number of rotatable bonds is 3. The highest BCUT2D eigenvalue weighted by Crippen LogP contribution is 2.38. The second-order valence-electron chi connectivity index (χ2n) is 7.58. The second kappa shape index (κ2) is 7.06. The first-order valence-corrected chi connectivity index (χ1v) is 9.77. The van der Waals surface area contributed by atoms with Crippen LogP contribution < -0.4 is 0 Å². The van der Waals surface area contributed by atoms with Crippen LogP contribution in [-0.4, -0.2) is 36.3 Å². The third kappa shape index (κ3) is 3.10. The molecule has 1 heterocycles. The summed E-state index contributed by atoms with van der Waals surface area (Å²) in [6.07, 6.45) is 4.27. The number of morpholine rings is 1. The van der Waals surface area contributed by atoms with Crippen LogP contribution in [0.25, 0.3) is 10.8 Å². The molecule has 0 spiro atoms. The number of fused-ring (bicyclic) bond motifs is 3. The van der Waals surface area contributed by atoms with Crippen LogP contribution in [0.2, 0.25) is 0 Å². The molecular formula is C22H29NO2. The molecule has 1 saturated heterocycles. The van der Waals surface area contributed by atoms with Gasteiger partial charge in [0.15, 0.2) is 0 Å². The molecule has 134 valence electrons. The third-order valence-electron chi connectivity index (χ3n) is 6.06. The zero-order chi connectivity index (χ0) is 17.4. The largest absolute Gasteiger partial charge is 0.379 e. The molecule has 2 aliphatic rings. The van der Waals surface area contributed by atoms with Gasteiger partial charge in [-0.15, -0.1) is 0 Å².